The summed E-state index contributed by atoms with van der Waals surface area (Å²) in [5.41, 5.74) is 0. The minimum atomic E-state index is -4.71. The maximum atomic E-state index is 12.7. The van der Waals surface area contributed by atoms with Crippen LogP contribution >= 0.6 is 0 Å². The maximum Gasteiger partial charge on any atom is 0.413 e. The first-order valence-electron chi connectivity index (χ1n) is 8.76. The minimum Gasteiger partial charge on any atom is -0.363 e. The summed E-state index contributed by atoms with van der Waals surface area (Å²) in [6.45, 7) is 0.312. The van der Waals surface area contributed by atoms with Gasteiger partial charge in [0.15, 0.2) is 6.35 Å². The molecule has 4 bridgehead atoms. The van der Waals surface area contributed by atoms with E-state index in [2.05, 4.69) is 14.9 Å². The molecule has 0 aromatic rings. The molecule has 0 radical (unpaired) electrons. The van der Waals surface area contributed by atoms with E-state index >= 15 is 0 Å². The van der Waals surface area contributed by atoms with E-state index < -0.39 is 22.8 Å². The van der Waals surface area contributed by atoms with Crippen molar-refractivity contribution in [2.24, 2.45) is 0 Å². The first kappa shape index (κ1) is 17.6. The number of nitrogens with zero attached hydrogens (tertiary/aromatic N) is 2. The van der Waals surface area contributed by atoms with Gasteiger partial charge in [-0.3, -0.25) is 14.2 Å². The molecule has 4 saturated heterocycles. The van der Waals surface area contributed by atoms with Crippen molar-refractivity contribution in [3.05, 3.63) is 0 Å². The fraction of sp³-hybridized carbons (Fsp3) is 0.929. The van der Waals surface area contributed by atoms with Gasteiger partial charge >= 0.3 is 10.4 Å². The van der Waals surface area contributed by atoms with Gasteiger partial charge in [0.2, 0.25) is 5.91 Å². The molecule has 25 heavy (non-hydrogen) atoms. The Labute approximate surface area is 146 Å². The van der Waals surface area contributed by atoms with E-state index in [1.165, 1.54) is 4.90 Å². The van der Waals surface area contributed by atoms with Gasteiger partial charge in [-0.1, -0.05) is 0 Å². The quantitative estimate of drug-likeness (QED) is 0.435. The smallest absolute Gasteiger partial charge is 0.363 e. The second-order valence-corrected chi connectivity index (χ2v) is 8.47. The summed E-state index contributed by atoms with van der Waals surface area (Å²) >= 11 is 0. The predicted molar refractivity (Wildman–Crippen MR) is 85.1 cm³/mol. The number of hydrogen-bond acceptors (Lipinski definition) is 8. The summed E-state index contributed by atoms with van der Waals surface area (Å²) in [7, 11) is -4.71. The third kappa shape index (κ3) is 3.54. The Morgan fingerprint density at radius 1 is 1.16 bits per heavy atom. The normalized spacial score (nSPS) is 44.0. The standard InChI is InChI=1S/C14H24N4O6S/c19-13(16-10-5-8-1-2-9(6-10)15-8)12-4-3-11-7-17(12)14(20)18(11)24-25(21,22)23/h8-12,14-15,20H,1-7H2,(H,16,19)(H,21,22,23)/t8?,9?,10?,11-,12+,14?/m1/s1. The van der Waals surface area contributed by atoms with Crippen molar-refractivity contribution in [2.45, 2.75) is 75.1 Å². The van der Waals surface area contributed by atoms with Crippen LogP contribution in [-0.2, 0) is 19.5 Å². The molecule has 10 nitrogen and oxygen atoms in total. The van der Waals surface area contributed by atoms with Gasteiger partial charge in [-0.05, 0) is 38.5 Å². The topological polar surface area (TPSA) is 131 Å². The van der Waals surface area contributed by atoms with E-state index in [4.69, 9.17) is 4.55 Å². The lowest BCUT2D eigenvalue weighted by molar-refractivity contribution is -0.201. The van der Waals surface area contributed by atoms with Crippen LogP contribution < -0.4 is 10.6 Å². The lowest BCUT2D eigenvalue weighted by Gasteiger charge is -2.34. The van der Waals surface area contributed by atoms with E-state index in [9.17, 15) is 18.3 Å². The van der Waals surface area contributed by atoms with Gasteiger partial charge in [0, 0.05) is 24.7 Å². The number of aliphatic hydroxyl groups is 1. The first-order valence-corrected chi connectivity index (χ1v) is 10.1. The second kappa shape index (κ2) is 6.41. The molecule has 4 fully saturated rings. The van der Waals surface area contributed by atoms with Gasteiger partial charge in [0.1, 0.15) is 0 Å². The first-order chi connectivity index (χ1) is 11.8. The van der Waals surface area contributed by atoms with E-state index in [1.54, 1.807) is 0 Å². The molecular formula is C14H24N4O6S. The Bertz CT molecular complexity index is 633. The summed E-state index contributed by atoms with van der Waals surface area (Å²) in [5.74, 6) is -0.141. The van der Waals surface area contributed by atoms with Crippen LogP contribution in [0.15, 0.2) is 0 Å². The molecule has 4 aliphatic heterocycles. The predicted octanol–water partition coefficient (Wildman–Crippen LogP) is -1.46. The lowest BCUT2D eigenvalue weighted by Crippen LogP contribution is -2.55. The van der Waals surface area contributed by atoms with Crippen LogP contribution in [0.25, 0.3) is 0 Å². The molecule has 6 atom stereocenters. The van der Waals surface area contributed by atoms with Gasteiger partial charge < -0.3 is 15.7 Å². The average Bonchev–Trinajstić information content (AvgIpc) is 2.98. The third-order valence-electron chi connectivity index (χ3n) is 5.78. The Hall–Kier alpha value is -0.820. The molecule has 4 N–H and O–H groups in total. The fourth-order valence-corrected chi connectivity index (χ4v) is 5.15. The number of aliphatic hydroxyl groups excluding tert-OH is 1. The average molecular weight is 376 g/mol. The fourth-order valence-electron chi connectivity index (χ4n) is 4.74. The van der Waals surface area contributed by atoms with Crippen molar-refractivity contribution >= 4 is 16.3 Å². The van der Waals surface area contributed by atoms with E-state index in [0.29, 0.717) is 31.5 Å². The summed E-state index contributed by atoms with van der Waals surface area (Å²) in [6.07, 6.45) is 3.74. The molecular weight excluding hydrogens is 352 g/mol. The maximum absolute atomic E-state index is 12.7. The number of carbonyl (C=O) groups is 1. The van der Waals surface area contributed by atoms with Crippen LogP contribution in [0.5, 0.6) is 0 Å². The summed E-state index contributed by atoms with van der Waals surface area (Å²) in [4.78, 5) is 14.2. The van der Waals surface area contributed by atoms with Crippen LogP contribution in [0.2, 0.25) is 0 Å². The van der Waals surface area contributed by atoms with Gasteiger partial charge in [-0.25, -0.2) is 0 Å². The van der Waals surface area contributed by atoms with Gasteiger partial charge in [0.05, 0.1) is 12.1 Å². The Morgan fingerprint density at radius 3 is 2.48 bits per heavy atom. The molecule has 4 aliphatic rings. The zero-order valence-electron chi connectivity index (χ0n) is 13.7. The SMILES string of the molecule is O=C(NC1CC2CCC(C1)N2)[C@@H]1CC[C@@H]2CN1C(O)N2OS(=O)(=O)O. The molecule has 1 amide bonds. The van der Waals surface area contributed by atoms with Crippen LogP contribution in [0.3, 0.4) is 0 Å². The van der Waals surface area contributed by atoms with Crippen molar-refractivity contribution in [1.29, 1.82) is 0 Å². The Morgan fingerprint density at radius 2 is 1.84 bits per heavy atom. The van der Waals surface area contributed by atoms with Crippen LogP contribution in [-0.4, -0.2) is 77.1 Å². The number of carbonyl (C=O) groups excluding carboxylic acids is 1. The molecule has 4 rings (SSSR count). The molecule has 142 valence electrons. The zero-order valence-corrected chi connectivity index (χ0v) is 14.6. The van der Waals surface area contributed by atoms with Crippen LogP contribution in [0.4, 0.5) is 0 Å². The van der Waals surface area contributed by atoms with Crippen molar-refractivity contribution in [3.63, 3.8) is 0 Å². The van der Waals surface area contributed by atoms with Crippen LogP contribution in [0.1, 0.15) is 38.5 Å². The molecule has 4 heterocycles. The number of amides is 1. The number of rotatable bonds is 4. The molecule has 0 aliphatic carbocycles. The van der Waals surface area contributed by atoms with Crippen molar-refractivity contribution in [1.82, 2.24) is 20.6 Å². The van der Waals surface area contributed by atoms with E-state index in [1.807, 2.05) is 0 Å². The minimum absolute atomic E-state index is 0.133. The highest BCUT2D eigenvalue weighted by atomic mass is 32.3. The highest BCUT2D eigenvalue weighted by molar-refractivity contribution is 7.80. The molecule has 11 heteroatoms. The highest BCUT2D eigenvalue weighted by Crippen LogP contribution is 2.33. The summed E-state index contributed by atoms with van der Waals surface area (Å²) in [5, 5.41) is 17.8. The van der Waals surface area contributed by atoms with E-state index in [0.717, 1.165) is 30.7 Å². The van der Waals surface area contributed by atoms with Crippen molar-refractivity contribution < 1.29 is 27.2 Å². The molecule has 0 aromatic carbocycles. The number of hydroxylamine groups is 2. The zero-order chi connectivity index (χ0) is 17.8. The molecule has 0 aromatic heterocycles. The van der Waals surface area contributed by atoms with Gasteiger partial charge in [-0.15, -0.1) is 5.06 Å². The molecule has 0 saturated carbocycles. The number of hydrogen-bond donors (Lipinski definition) is 4. The Kier molecular flexibility index (Phi) is 4.51. The van der Waals surface area contributed by atoms with Crippen molar-refractivity contribution in [3.8, 4) is 0 Å². The van der Waals surface area contributed by atoms with Crippen LogP contribution in [0, 0.1) is 0 Å². The number of piperidine rings is 2. The number of fused-ring (bicyclic) bond motifs is 4. The lowest BCUT2D eigenvalue weighted by atomic mass is 9.97. The van der Waals surface area contributed by atoms with E-state index in [-0.39, 0.29) is 18.0 Å². The van der Waals surface area contributed by atoms with Gasteiger partial charge in [-0.2, -0.15) is 12.7 Å². The third-order valence-corrected chi connectivity index (χ3v) is 6.14. The molecule has 4 unspecified atom stereocenters. The summed E-state index contributed by atoms with van der Waals surface area (Å²) < 4.78 is 35.2. The highest BCUT2D eigenvalue weighted by Gasteiger charge is 2.50. The Balaban J connectivity index is 1.39. The molecule has 0 spiro atoms. The van der Waals surface area contributed by atoms with Gasteiger partial charge in [0.25, 0.3) is 0 Å². The summed E-state index contributed by atoms with van der Waals surface area (Å²) in [6, 6.07) is 0.157. The largest absolute Gasteiger partial charge is 0.413 e. The second-order valence-electron chi connectivity index (χ2n) is 7.47. The number of nitrogens with one attached hydrogen (secondary N) is 2. The van der Waals surface area contributed by atoms with Crippen molar-refractivity contribution in [2.75, 3.05) is 6.54 Å². The monoisotopic (exact) mass is 376 g/mol.